The van der Waals surface area contributed by atoms with E-state index in [1.165, 1.54) is 35.3 Å². The Kier molecular flexibility index (Phi) is 4.98. The minimum absolute atomic E-state index is 0.150. The minimum Gasteiger partial charge on any atom is -0.497 e. The van der Waals surface area contributed by atoms with Crippen molar-refractivity contribution in [1.82, 2.24) is 0 Å². The van der Waals surface area contributed by atoms with Crippen molar-refractivity contribution in [3.8, 4) is 11.7 Å². The fourth-order valence-electron chi connectivity index (χ4n) is 4.47. The summed E-state index contributed by atoms with van der Waals surface area (Å²) in [6.07, 6.45) is 9.27. The van der Waals surface area contributed by atoms with Gasteiger partial charge in [-0.25, -0.2) is 9.79 Å². The molecular formula is C25H23NO5. The molecule has 0 saturated heterocycles. The molecule has 0 amide bonds. The van der Waals surface area contributed by atoms with Gasteiger partial charge < -0.3 is 19.0 Å². The quantitative estimate of drug-likeness (QED) is 0.687. The molecule has 3 aliphatic rings. The van der Waals surface area contributed by atoms with Gasteiger partial charge in [0.1, 0.15) is 11.4 Å². The number of hydrogen-bond donors (Lipinski definition) is 1. The average Bonchev–Trinajstić information content (AvgIpc) is 3.41. The van der Waals surface area contributed by atoms with Gasteiger partial charge >= 0.3 is 5.97 Å². The molecule has 2 aliphatic carbocycles. The topological polar surface area (TPSA) is 81.3 Å². The summed E-state index contributed by atoms with van der Waals surface area (Å²) < 4.78 is 16.5. The first-order valence-electron chi connectivity index (χ1n) is 10.5. The molecule has 6 heteroatoms. The number of fused-ring (bicyclic) bond motifs is 2. The summed E-state index contributed by atoms with van der Waals surface area (Å²) in [5.74, 6) is 0.527. The number of hydrogen-bond acceptors (Lipinski definition) is 5. The van der Waals surface area contributed by atoms with Crippen LogP contribution < -0.4 is 9.47 Å². The average molecular weight is 417 g/mol. The second kappa shape index (κ2) is 7.95. The lowest BCUT2D eigenvalue weighted by atomic mass is 9.81. The lowest BCUT2D eigenvalue weighted by molar-refractivity contribution is 0.0656. The third-order valence-corrected chi connectivity index (χ3v) is 5.97. The van der Waals surface area contributed by atoms with Crippen LogP contribution in [0.2, 0.25) is 0 Å². The molecule has 1 saturated carbocycles. The van der Waals surface area contributed by atoms with Gasteiger partial charge in [0.15, 0.2) is 5.76 Å². The van der Waals surface area contributed by atoms with Crippen LogP contribution in [0.25, 0.3) is 0 Å². The maximum absolute atomic E-state index is 11.1. The van der Waals surface area contributed by atoms with Crippen molar-refractivity contribution in [2.24, 2.45) is 10.9 Å². The van der Waals surface area contributed by atoms with Crippen molar-refractivity contribution in [2.45, 2.75) is 32.1 Å². The van der Waals surface area contributed by atoms with Crippen LogP contribution in [-0.2, 0) is 6.42 Å². The van der Waals surface area contributed by atoms with E-state index in [1.807, 2.05) is 18.2 Å². The largest absolute Gasteiger partial charge is 0.497 e. The normalized spacial score (nSPS) is 19.8. The van der Waals surface area contributed by atoms with Crippen LogP contribution in [-0.4, -0.2) is 23.9 Å². The second-order valence-corrected chi connectivity index (χ2v) is 7.91. The Balaban J connectivity index is 1.47. The van der Waals surface area contributed by atoms with E-state index >= 15 is 0 Å². The van der Waals surface area contributed by atoms with Crippen LogP contribution in [0.15, 0.2) is 80.6 Å². The van der Waals surface area contributed by atoms with E-state index in [0.717, 1.165) is 42.8 Å². The molecule has 0 radical (unpaired) electrons. The number of carboxylic acids is 1. The maximum atomic E-state index is 11.1. The maximum Gasteiger partial charge on any atom is 0.371 e. The smallest absolute Gasteiger partial charge is 0.371 e. The molecular weight excluding hydrogens is 394 g/mol. The molecule has 1 aromatic carbocycles. The van der Waals surface area contributed by atoms with Crippen LogP contribution in [0.3, 0.4) is 0 Å². The number of carboxylic acid groups (broad SMARTS) is 1. The summed E-state index contributed by atoms with van der Waals surface area (Å²) in [6.45, 7) is 0. The van der Waals surface area contributed by atoms with Gasteiger partial charge in [-0.05, 0) is 73.1 Å². The summed E-state index contributed by atoms with van der Waals surface area (Å²) in [4.78, 5) is 16.0. The lowest BCUT2D eigenvalue weighted by Crippen LogP contribution is -2.15. The summed E-state index contributed by atoms with van der Waals surface area (Å²) in [5.41, 5.74) is 5.81. The molecule has 0 bridgehead atoms. The Hall–Kier alpha value is -3.54. The number of furan rings is 1. The number of ether oxygens (including phenoxy) is 2. The van der Waals surface area contributed by atoms with Gasteiger partial charge in [-0.1, -0.05) is 18.2 Å². The zero-order chi connectivity index (χ0) is 21.4. The van der Waals surface area contributed by atoms with Crippen LogP contribution in [0.5, 0.6) is 11.7 Å². The number of allylic oxidation sites excluding steroid dienone is 4. The molecule has 31 heavy (non-hydrogen) atoms. The zero-order valence-electron chi connectivity index (χ0n) is 17.3. The monoisotopic (exact) mass is 417 g/mol. The highest BCUT2D eigenvalue weighted by atomic mass is 16.6. The predicted molar refractivity (Wildman–Crippen MR) is 116 cm³/mol. The molecule has 6 nitrogen and oxygen atoms in total. The van der Waals surface area contributed by atoms with Crippen LogP contribution in [0.1, 0.15) is 41.8 Å². The highest BCUT2D eigenvalue weighted by Crippen LogP contribution is 2.43. The van der Waals surface area contributed by atoms with Gasteiger partial charge in [0.25, 0.3) is 5.95 Å². The van der Waals surface area contributed by atoms with E-state index in [1.54, 1.807) is 7.11 Å². The van der Waals surface area contributed by atoms with Crippen LogP contribution in [0.4, 0.5) is 0 Å². The van der Waals surface area contributed by atoms with E-state index in [0.29, 0.717) is 5.76 Å². The molecule has 1 unspecified atom stereocenters. The number of methoxy groups -OCH3 is 1. The summed E-state index contributed by atoms with van der Waals surface area (Å²) in [5, 5.41) is 9.09. The van der Waals surface area contributed by atoms with Gasteiger partial charge in [0, 0.05) is 17.7 Å². The van der Waals surface area contributed by atoms with Gasteiger partial charge in [-0.15, -0.1) is 0 Å². The van der Waals surface area contributed by atoms with E-state index in [9.17, 15) is 4.79 Å². The number of nitrogens with zero attached hydrogens (tertiary/aromatic N) is 1. The number of benzene rings is 1. The summed E-state index contributed by atoms with van der Waals surface area (Å²) in [6, 6.07) is 11.1. The molecule has 5 rings (SSSR count). The van der Waals surface area contributed by atoms with E-state index < -0.39 is 5.97 Å². The van der Waals surface area contributed by atoms with Gasteiger partial charge in [-0.3, -0.25) is 0 Å². The van der Waals surface area contributed by atoms with Crippen LogP contribution >= 0.6 is 0 Å². The minimum atomic E-state index is -1.12. The number of aromatic carboxylic acids is 1. The third kappa shape index (κ3) is 3.69. The number of aliphatic imine (C=N–C) groups is 1. The van der Waals surface area contributed by atoms with E-state index in [2.05, 4.69) is 18.2 Å². The van der Waals surface area contributed by atoms with Crippen molar-refractivity contribution in [3.05, 3.63) is 82.5 Å². The van der Waals surface area contributed by atoms with Crippen molar-refractivity contribution in [3.63, 3.8) is 0 Å². The molecule has 1 aliphatic heterocycles. The molecule has 158 valence electrons. The molecule has 1 fully saturated rings. The highest BCUT2D eigenvalue weighted by Gasteiger charge is 2.34. The summed E-state index contributed by atoms with van der Waals surface area (Å²) >= 11 is 0. The van der Waals surface area contributed by atoms with Crippen molar-refractivity contribution < 1.29 is 23.8 Å². The fraction of sp³-hybridized carbons (Fsp3) is 0.280. The Bertz CT molecular complexity index is 1150. The zero-order valence-corrected chi connectivity index (χ0v) is 17.3. The predicted octanol–water partition coefficient (Wildman–Crippen LogP) is 5.33. The Morgan fingerprint density at radius 3 is 2.71 bits per heavy atom. The molecule has 1 aromatic heterocycles. The first-order chi connectivity index (χ1) is 15.1. The van der Waals surface area contributed by atoms with Gasteiger partial charge in [0.2, 0.25) is 5.76 Å². The first-order valence-corrected chi connectivity index (χ1v) is 10.5. The Morgan fingerprint density at radius 1 is 1.16 bits per heavy atom. The van der Waals surface area contributed by atoms with Crippen molar-refractivity contribution in [2.75, 3.05) is 7.11 Å². The second-order valence-electron chi connectivity index (χ2n) is 7.91. The SMILES string of the molecule is COc1ccc(CC2C=CC(Oc3ccc(C(=O)O)o3)=C3N=C4CCCCC4=C32)cc1. The standard InChI is InChI=1S/C25H23NO5/c1-29-17-9-6-15(7-10-17)14-16-8-11-20(30-22-13-12-21(31-22)25(27)28)24-23(16)18-4-2-3-5-19(18)26-24/h6-13,16H,2-5,14H2,1H3,(H,27,28). The molecule has 0 spiro atoms. The third-order valence-electron chi connectivity index (χ3n) is 5.97. The van der Waals surface area contributed by atoms with Crippen LogP contribution in [0, 0.1) is 5.92 Å². The van der Waals surface area contributed by atoms with Gasteiger partial charge in [-0.2, -0.15) is 0 Å². The first kappa shape index (κ1) is 19.4. The van der Waals surface area contributed by atoms with Gasteiger partial charge in [0.05, 0.1) is 7.11 Å². The van der Waals surface area contributed by atoms with Crippen molar-refractivity contribution >= 4 is 11.7 Å². The molecule has 1 atom stereocenters. The van der Waals surface area contributed by atoms with Crippen molar-refractivity contribution in [1.29, 1.82) is 0 Å². The Labute approximate surface area is 180 Å². The number of carbonyl (C=O) groups is 1. The highest BCUT2D eigenvalue weighted by molar-refractivity contribution is 6.05. The molecule has 1 N–H and O–H groups in total. The fourth-order valence-corrected chi connectivity index (χ4v) is 4.47. The van der Waals surface area contributed by atoms with E-state index in [-0.39, 0.29) is 17.6 Å². The number of rotatable bonds is 6. The molecule has 2 aromatic rings. The molecule has 2 heterocycles. The summed E-state index contributed by atoms with van der Waals surface area (Å²) in [7, 11) is 1.67. The Morgan fingerprint density at radius 2 is 1.97 bits per heavy atom. The van der Waals surface area contributed by atoms with E-state index in [4.69, 9.17) is 24.0 Å². The lowest BCUT2D eigenvalue weighted by Gasteiger charge is -2.24.